The predicted molar refractivity (Wildman–Crippen MR) is 85.2 cm³/mol. The SMILES string of the molecule is CCC(C(=O)O)n1c(CC(C)C)nc2cc(C(C)=O)ccc21. The van der Waals surface area contributed by atoms with Crippen molar-refractivity contribution >= 4 is 22.8 Å². The molecular weight excluding hydrogens is 280 g/mol. The molecule has 0 bridgehead atoms. The Balaban J connectivity index is 2.68. The summed E-state index contributed by atoms with van der Waals surface area (Å²) in [4.78, 5) is 27.7. The molecule has 0 aliphatic heterocycles. The van der Waals surface area contributed by atoms with E-state index in [2.05, 4.69) is 18.8 Å². The van der Waals surface area contributed by atoms with Gasteiger partial charge >= 0.3 is 5.97 Å². The largest absolute Gasteiger partial charge is 0.480 e. The van der Waals surface area contributed by atoms with Gasteiger partial charge in [-0.15, -0.1) is 0 Å². The van der Waals surface area contributed by atoms with Crippen molar-refractivity contribution in [2.24, 2.45) is 5.92 Å². The highest BCUT2D eigenvalue weighted by Crippen LogP contribution is 2.26. The number of aromatic nitrogens is 2. The van der Waals surface area contributed by atoms with Crippen LogP contribution in [0.3, 0.4) is 0 Å². The van der Waals surface area contributed by atoms with Gasteiger partial charge in [-0.3, -0.25) is 4.79 Å². The van der Waals surface area contributed by atoms with Crippen molar-refractivity contribution in [1.29, 1.82) is 0 Å². The van der Waals surface area contributed by atoms with Crippen LogP contribution in [-0.4, -0.2) is 26.4 Å². The zero-order chi connectivity index (χ0) is 16.4. The van der Waals surface area contributed by atoms with E-state index in [0.29, 0.717) is 29.8 Å². The lowest BCUT2D eigenvalue weighted by molar-refractivity contribution is -0.140. The topological polar surface area (TPSA) is 72.2 Å². The number of hydrogen-bond donors (Lipinski definition) is 1. The molecule has 118 valence electrons. The summed E-state index contributed by atoms with van der Waals surface area (Å²) in [6.45, 7) is 7.52. The van der Waals surface area contributed by atoms with Crippen molar-refractivity contribution in [2.45, 2.75) is 46.6 Å². The van der Waals surface area contributed by atoms with Gasteiger partial charge in [-0.1, -0.05) is 20.8 Å². The third-order valence-electron chi connectivity index (χ3n) is 3.74. The van der Waals surface area contributed by atoms with Gasteiger partial charge in [0.2, 0.25) is 0 Å². The van der Waals surface area contributed by atoms with Crippen LogP contribution in [0.1, 0.15) is 56.3 Å². The number of carbonyl (C=O) groups excluding carboxylic acids is 1. The number of rotatable bonds is 6. The van der Waals surface area contributed by atoms with Gasteiger partial charge < -0.3 is 9.67 Å². The van der Waals surface area contributed by atoms with Crippen LogP contribution in [-0.2, 0) is 11.2 Å². The minimum atomic E-state index is -0.859. The first-order chi connectivity index (χ1) is 10.3. The van der Waals surface area contributed by atoms with Gasteiger partial charge in [0.25, 0.3) is 0 Å². The Labute approximate surface area is 130 Å². The highest BCUT2D eigenvalue weighted by Gasteiger charge is 2.24. The first kappa shape index (κ1) is 16.2. The van der Waals surface area contributed by atoms with E-state index in [9.17, 15) is 14.7 Å². The Bertz CT molecular complexity index is 716. The smallest absolute Gasteiger partial charge is 0.326 e. The number of carboxylic acids is 1. The molecule has 1 unspecified atom stereocenters. The van der Waals surface area contributed by atoms with Crippen LogP contribution in [0.2, 0.25) is 0 Å². The number of ketones is 1. The Kier molecular flexibility index (Phi) is 4.64. The maximum absolute atomic E-state index is 11.6. The molecule has 1 atom stereocenters. The quantitative estimate of drug-likeness (QED) is 0.829. The molecule has 0 saturated heterocycles. The first-order valence-corrected chi connectivity index (χ1v) is 7.59. The highest BCUT2D eigenvalue weighted by molar-refractivity contribution is 5.97. The zero-order valence-corrected chi connectivity index (χ0v) is 13.5. The molecule has 1 N–H and O–H groups in total. The van der Waals surface area contributed by atoms with Crippen LogP contribution in [0.4, 0.5) is 0 Å². The van der Waals surface area contributed by atoms with Crippen LogP contribution in [0.25, 0.3) is 11.0 Å². The fourth-order valence-electron chi connectivity index (χ4n) is 2.69. The number of fused-ring (bicyclic) bond motifs is 1. The molecule has 1 aromatic carbocycles. The monoisotopic (exact) mass is 302 g/mol. The van der Waals surface area contributed by atoms with Crippen molar-refractivity contribution in [2.75, 3.05) is 0 Å². The molecule has 1 aromatic heterocycles. The van der Waals surface area contributed by atoms with Gasteiger partial charge in [0.15, 0.2) is 5.78 Å². The summed E-state index contributed by atoms with van der Waals surface area (Å²) in [6.07, 6.45) is 1.19. The summed E-state index contributed by atoms with van der Waals surface area (Å²) in [6, 6.07) is 4.64. The molecule has 0 fully saturated rings. The number of Topliss-reactive ketones (excluding diaryl/α,β-unsaturated/α-hetero) is 1. The van der Waals surface area contributed by atoms with Gasteiger partial charge in [-0.25, -0.2) is 9.78 Å². The molecule has 0 aliphatic carbocycles. The van der Waals surface area contributed by atoms with Crippen LogP contribution < -0.4 is 0 Å². The van der Waals surface area contributed by atoms with Crippen molar-refractivity contribution in [3.63, 3.8) is 0 Å². The Morgan fingerprint density at radius 1 is 1.32 bits per heavy atom. The molecule has 5 nitrogen and oxygen atoms in total. The molecule has 0 amide bonds. The van der Waals surface area contributed by atoms with Gasteiger partial charge in [-0.05, 0) is 37.5 Å². The molecule has 0 aliphatic rings. The van der Waals surface area contributed by atoms with Crippen molar-refractivity contribution < 1.29 is 14.7 Å². The Morgan fingerprint density at radius 2 is 2.00 bits per heavy atom. The summed E-state index contributed by atoms with van der Waals surface area (Å²) in [7, 11) is 0. The molecule has 2 aromatic rings. The van der Waals surface area contributed by atoms with Crippen molar-refractivity contribution in [1.82, 2.24) is 9.55 Å². The second-order valence-electron chi connectivity index (χ2n) is 6.02. The van der Waals surface area contributed by atoms with E-state index in [1.54, 1.807) is 18.2 Å². The van der Waals surface area contributed by atoms with E-state index >= 15 is 0 Å². The van der Waals surface area contributed by atoms with E-state index in [0.717, 1.165) is 11.3 Å². The van der Waals surface area contributed by atoms with Crippen LogP contribution in [0.5, 0.6) is 0 Å². The lowest BCUT2D eigenvalue weighted by Gasteiger charge is -2.17. The van der Waals surface area contributed by atoms with Gasteiger partial charge in [0.05, 0.1) is 11.0 Å². The molecule has 5 heteroatoms. The number of aliphatic carboxylic acids is 1. The van der Waals surface area contributed by atoms with E-state index in [-0.39, 0.29) is 5.78 Å². The predicted octanol–water partition coefficient (Wildman–Crippen LogP) is 3.47. The fraction of sp³-hybridized carbons (Fsp3) is 0.471. The van der Waals surface area contributed by atoms with E-state index in [4.69, 9.17) is 0 Å². The van der Waals surface area contributed by atoms with E-state index in [1.807, 2.05) is 11.5 Å². The lowest BCUT2D eigenvalue weighted by atomic mass is 10.1. The highest BCUT2D eigenvalue weighted by atomic mass is 16.4. The lowest BCUT2D eigenvalue weighted by Crippen LogP contribution is -2.21. The van der Waals surface area contributed by atoms with Crippen LogP contribution in [0.15, 0.2) is 18.2 Å². The normalized spacial score (nSPS) is 12.8. The minimum absolute atomic E-state index is 0.0212. The fourth-order valence-corrected chi connectivity index (χ4v) is 2.69. The van der Waals surface area contributed by atoms with E-state index in [1.165, 1.54) is 6.92 Å². The zero-order valence-electron chi connectivity index (χ0n) is 13.5. The summed E-state index contributed by atoms with van der Waals surface area (Å²) < 4.78 is 1.81. The molecule has 0 saturated carbocycles. The second-order valence-corrected chi connectivity index (χ2v) is 6.02. The third kappa shape index (κ3) is 3.03. The average Bonchev–Trinajstić information content (AvgIpc) is 2.76. The summed E-state index contributed by atoms with van der Waals surface area (Å²) in [5.41, 5.74) is 2.05. The van der Waals surface area contributed by atoms with Crippen molar-refractivity contribution in [3.8, 4) is 0 Å². The van der Waals surface area contributed by atoms with Crippen molar-refractivity contribution in [3.05, 3.63) is 29.6 Å². The number of imidazole rings is 1. The Hall–Kier alpha value is -2.17. The standard InChI is InChI=1S/C17H22N2O3/c1-5-14(17(21)22)19-15-7-6-12(11(4)20)9-13(15)18-16(19)8-10(2)3/h6-7,9-10,14H,5,8H2,1-4H3,(H,21,22). The molecule has 0 spiro atoms. The van der Waals surface area contributed by atoms with Crippen LogP contribution in [0, 0.1) is 5.92 Å². The minimum Gasteiger partial charge on any atom is -0.480 e. The molecule has 22 heavy (non-hydrogen) atoms. The number of benzene rings is 1. The molecule has 1 heterocycles. The molecule has 0 radical (unpaired) electrons. The number of hydrogen-bond acceptors (Lipinski definition) is 3. The maximum atomic E-state index is 11.6. The van der Waals surface area contributed by atoms with Gasteiger partial charge in [0.1, 0.15) is 11.9 Å². The summed E-state index contributed by atoms with van der Waals surface area (Å²) in [5.74, 6) is 0.253. The number of carboxylic acid groups (broad SMARTS) is 1. The third-order valence-corrected chi connectivity index (χ3v) is 3.74. The summed E-state index contributed by atoms with van der Waals surface area (Å²) >= 11 is 0. The number of carbonyl (C=O) groups is 2. The van der Waals surface area contributed by atoms with Crippen LogP contribution >= 0.6 is 0 Å². The summed E-state index contributed by atoms with van der Waals surface area (Å²) in [5, 5.41) is 9.50. The average molecular weight is 302 g/mol. The van der Waals surface area contributed by atoms with Gasteiger partial charge in [0, 0.05) is 12.0 Å². The Morgan fingerprint density at radius 3 is 2.50 bits per heavy atom. The molecule has 2 rings (SSSR count). The second kappa shape index (κ2) is 6.30. The van der Waals surface area contributed by atoms with Gasteiger partial charge in [-0.2, -0.15) is 0 Å². The van der Waals surface area contributed by atoms with E-state index < -0.39 is 12.0 Å². The molecular formula is C17H22N2O3. The first-order valence-electron chi connectivity index (χ1n) is 7.59. The maximum Gasteiger partial charge on any atom is 0.326 e. The number of nitrogens with zero attached hydrogens (tertiary/aromatic N) is 2.